The van der Waals surface area contributed by atoms with Gasteiger partial charge in [0.1, 0.15) is 11.5 Å². The molecule has 4 aromatic carbocycles. The molecule has 1 aliphatic rings. The number of fused-ring (bicyclic) bond motifs is 2. The first kappa shape index (κ1) is 28.8. The lowest BCUT2D eigenvalue weighted by Gasteiger charge is -2.24. The van der Waals surface area contributed by atoms with Crippen LogP contribution in [0.3, 0.4) is 0 Å². The molecule has 0 aromatic heterocycles. The van der Waals surface area contributed by atoms with Crippen LogP contribution in [0.5, 0.6) is 11.5 Å². The van der Waals surface area contributed by atoms with Gasteiger partial charge in [-0.05, 0) is 73.5 Å². The first-order valence-electron chi connectivity index (χ1n) is 12.1. The van der Waals surface area contributed by atoms with E-state index in [1.165, 1.54) is 50.2 Å². The minimum atomic E-state index is -4.57. The molecule has 0 atom stereocenters. The minimum absolute atomic E-state index is 0.00559. The van der Waals surface area contributed by atoms with E-state index in [9.17, 15) is 45.7 Å². The van der Waals surface area contributed by atoms with Crippen LogP contribution in [0.1, 0.15) is 43.0 Å². The first-order valence-corrected chi connectivity index (χ1v) is 15.0. The third-order valence-electron chi connectivity index (χ3n) is 6.77. The summed E-state index contributed by atoms with van der Waals surface area (Å²) >= 11 is 0. The van der Waals surface area contributed by atoms with Crippen molar-refractivity contribution < 1.29 is 45.7 Å². The van der Waals surface area contributed by atoms with E-state index in [0.29, 0.717) is 0 Å². The van der Waals surface area contributed by atoms with Gasteiger partial charge in [0.15, 0.2) is 0 Å². The number of carbonyl (C=O) groups excluding carboxylic acids is 2. The number of hydrogen-bond donors (Lipinski definition) is 6. The monoisotopic (exact) mass is 610 g/mol. The second-order valence-electron chi connectivity index (χ2n) is 9.58. The minimum Gasteiger partial charge on any atom is -0.507 e. The first-order chi connectivity index (χ1) is 19.6. The summed E-state index contributed by atoms with van der Waals surface area (Å²) in [7, 11) is -9.14. The lowest BCUT2D eigenvalue weighted by molar-refractivity contribution is 0.0975. The molecule has 0 radical (unpaired) electrons. The fraction of sp³-hybridized carbons (Fsp3) is 0.0714. The summed E-state index contributed by atoms with van der Waals surface area (Å²) in [5.74, 6) is -2.77. The van der Waals surface area contributed by atoms with Gasteiger partial charge in [-0.2, -0.15) is 16.8 Å². The SMILES string of the molecule is Cc1ccc(Nc2ccc(O)c3c2C(=O)c2c(O)ccc(Nc4ccc(C)c(S(=O)(=O)O)c4)c2C3=O)cc1S(=O)(=O)O. The zero-order valence-electron chi connectivity index (χ0n) is 21.8. The van der Waals surface area contributed by atoms with E-state index in [-0.39, 0.29) is 54.8 Å². The third kappa shape index (κ3) is 4.96. The lowest BCUT2D eigenvalue weighted by atomic mass is 9.81. The van der Waals surface area contributed by atoms with Gasteiger partial charge >= 0.3 is 0 Å². The van der Waals surface area contributed by atoms with Gasteiger partial charge in [-0.1, -0.05) is 12.1 Å². The zero-order chi connectivity index (χ0) is 30.7. The van der Waals surface area contributed by atoms with Crippen molar-refractivity contribution in [2.45, 2.75) is 23.6 Å². The van der Waals surface area contributed by atoms with Crippen LogP contribution in [0.2, 0.25) is 0 Å². The molecule has 0 aliphatic heterocycles. The van der Waals surface area contributed by atoms with Crippen LogP contribution in [-0.2, 0) is 20.2 Å². The Hall–Kier alpha value is -4.76. The fourth-order valence-electron chi connectivity index (χ4n) is 4.80. The summed E-state index contributed by atoms with van der Waals surface area (Å²) in [4.78, 5) is 26.9. The predicted octanol–water partition coefficient (Wildman–Crippen LogP) is 4.47. The summed E-state index contributed by atoms with van der Waals surface area (Å²) in [5.41, 5.74) is -0.558. The molecule has 0 spiro atoms. The van der Waals surface area contributed by atoms with Crippen LogP contribution in [0.15, 0.2) is 70.5 Å². The maximum Gasteiger partial charge on any atom is 0.294 e. The van der Waals surface area contributed by atoms with Crippen molar-refractivity contribution in [2.75, 3.05) is 10.6 Å². The van der Waals surface area contributed by atoms with Gasteiger partial charge in [0.25, 0.3) is 20.2 Å². The maximum absolute atomic E-state index is 13.8. The molecular weight excluding hydrogens is 588 g/mol. The van der Waals surface area contributed by atoms with Crippen molar-refractivity contribution in [3.8, 4) is 11.5 Å². The maximum atomic E-state index is 13.8. The number of anilines is 4. The topological polar surface area (TPSA) is 207 Å². The molecule has 0 saturated heterocycles. The summed E-state index contributed by atoms with van der Waals surface area (Å²) < 4.78 is 66.2. The van der Waals surface area contributed by atoms with Crippen LogP contribution < -0.4 is 10.6 Å². The Balaban J connectivity index is 1.63. The molecule has 4 aromatic rings. The quantitative estimate of drug-likeness (QED) is 0.116. The Morgan fingerprint density at radius 3 is 1.24 bits per heavy atom. The second kappa shape index (κ2) is 9.95. The highest BCUT2D eigenvalue weighted by molar-refractivity contribution is 7.86. The number of rotatable bonds is 6. The van der Waals surface area contributed by atoms with E-state index in [1.54, 1.807) is 0 Å². The van der Waals surface area contributed by atoms with E-state index in [4.69, 9.17) is 0 Å². The molecule has 42 heavy (non-hydrogen) atoms. The van der Waals surface area contributed by atoms with Crippen molar-refractivity contribution in [3.63, 3.8) is 0 Å². The smallest absolute Gasteiger partial charge is 0.294 e. The van der Waals surface area contributed by atoms with E-state index >= 15 is 0 Å². The number of aromatic hydroxyl groups is 2. The largest absolute Gasteiger partial charge is 0.507 e. The number of ketones is 2. The molecule has 5 rings (SSSR count). The molecule has 0 bridgehead atoms. The third-order valence-corrected chi connectivity index (χ3v) is 8.76. The summed E-state index contributed by atoms with van der Waals surface area (Å²) in [5, 5.41) is 27.0. The van der Waals surface area contributed by atoms with Crippen LogP contribution in [-0.4, -0.2) is 47.7 Å². The molecule has 0 saturated carbocycles. The van der Waals surface area contributed by atoms with Gasteiger partial charge in [0, 0.05) is 11.4 Å². The Kier molecular flexibility index (Phi) is 6.82. The standard InChI is InChI=1S/C28H22N2O10S2/c1-13-3-5-15(11-21(13)41(35,36)37)29-17-7-9-19(31)25-23(17)27(33)26-20(32)10-8-18(24(26)28(25)34)30-16-6-4-14(2)22(12-16)42(38,39)40/h3-12,29-32H,1-2H3,(H,35,36,37)(H,38,39,40). The molecular formula is C28H22N2O10S2. The van der Waals surface area contributed by atoms with Gasteiger partial charge in [-0.25, -0.2) is 0 Å². The Labute approximate surface area is 239 Å². The Morgan fingerprint density at radius 1 is 0.548 bits per heavy atom. The average molecular weight is 611 g/mol. The van der Waals surface area contributed by atoms with Crippen molar-refractivity contribution in [1.82, 2.24) is 0 Å². The number of hydrogen-bond acceptors (Lipinski definition) is 10. The highest BCUT2D eigenvalue weighted by atomic mass is 32.2. The number of phenols is 2. The summed E-state index contributed by atoms with van der Waals surface area (Å²) in [6.45, 7) is 2.95. The van der Waals surface area contributed by atoms with Crippen LogP contribution in [0.4, 0.5) is 22.7 Å². The number of carbonyl (C=O) groups is 2. The zero-order valence-corrected chi connectivity index (χ0v) is 23.5. The van der Waals surface area contributed by atoms with Gasteiger partial charge in [-0.15, -0.1) is 0 Å². The van der Waals surface area contributed by atoms with Gasteiger partial charge in [0.2, 0.25) is 11.6 Å². The highest BCUT2D eigenvalue weighted by Gasteiger charge is 2.38. The van der Waals surface area contributed by atoms with E-state index in [2.05, 4.69) is 10.6 Å². The molecule has 0 fully saturated rings. The lowest BCUT2D eigenvalue weighted by Crippen LogP contribution is -2.24. The van der Waals surface area contributed by atoms with Crippen molar-refractivity contribution >= 4 is 54.6 Å². The molecule has 14 heteroatoms. The number of aryl methyl sites for hydroxylation is 2. The molecule has 0 amide bonds. The van der Waals surface area contributed by atoms with Crippen molar-refractivity contribution in [3.05, 3.63) is 94.0 Å². The van der Waals surface area contributed by atoms with Gasteiger partial charge < -0.3 is 20.8 Å². The molecule has 0 unspecified atom stereocenters. The van der Waals surface area contributed by atoms with Crippen molar-refractivity contribution in [2.24, 2.45) is 0 Å². The summed E-state index contributed by atoms with van der Waals surface area (Å²) in [6, 6.07) is 13.0. The van der Waals surface area contributed by atoms with E-state index in [0.717, 1.165) is 24.3 Å². The van der Waals surface area contributed by atoms with Crippen LogP contribution in [0, 0.1) is 13.8 Å². The highest BCUT2D eigenvalue weighted by Crippen LogP contribution is 2.43. The number of nitrogens with one attached hydrogen (secondary N) is 2. The number of phenolic OH excluding ortho intramolecular Hbond substituents is 2. The molecule has 6 N–H and O–H groups in total. The Bertz CT molecular complexity index is 1920. The second-order valence-corrected chi connectivity index (χ2v) is 12.4. The predicted molar refractivity (Wildman–Crippen MR) is 152 cm³/mol. The van der Waals surface area contributed by atoms with E-state index in [1.807, 2.05) is 0 Å². The molecule has 0 heterocycles. The van der Waals surface area contributed by atoms with Crippen LogP contribution in [0.25, 0.3) is 0 Å². The van der Waals surface area contributed by atoms with Gasteiger partial charge in [-0.3, -0.25) is 18.7 Å². The molecule has 1 aliphatic carbocycles. The van der Waals surface area contributed by atoms with Crippen LogP contribution >= 0.6 is 0 Å². The molecule has 12 nitrogen and oxygen atoms in total. The van der Waals surface area contributed by atoms with E-state index < -0.39 is 54.4 Å². The van der Waals surface area contributed by atoms with Gasteiger partial charge in [0.05, 0.1) is 43.4 Å². The summed E-state index contributed by atoms with van der Waals surface area (Å²) in [6.07, 6.45) is 0. The van der Waals surface area contributed by atoms with Crippen molar-refractivity contribution in [1.29, 1.82) is 0 Å². The molecule has 216 valence electrons. The Morgan fingerprint density at radius 2 is 0.905 bits per heavy atom. The fourth-order valence-corrected chi connectivity index (χ4v) is 6.30. The number of benzene rings is 4. The average Bonchev–Trinajstić information content (AvgIpc) is 2.90. The normalized spacial score (nSPS) is 13.0.